The van der Waals surface area contributed by atoms with Gasteiger partial charge in [0.25, 0.3) is 0 Å². The van der Waals surface area contributed by atoms with Gasteiger partial charge in [-0.05, 0) is 97.6 Å². The van der Waals surface area contributed by atoms with Gasteiger partial charge in [-0.1, -0.05) is 51.5 Å². The Morgan fingerprint density at radius 2 is 1.50 bits per heavy atom. The number of aryl methyl sites for hydroxylation is 2. The number of ether oxygens (including phenoxy) is 1. The summed E-state index contributed by atoms with van der Waals surface area (Å²) in [6, 6.07) is 3.98. The zero-order chi connectivity index (χ0) is 29.4. The zero-order valence-electron chi connectivity index (χ0n) is 25.9. The van der Waals surface area contributed by atoms with Crippen molar-refractivity contribution in [1.29, 1.82) is 0 Å². The van der Waals surface area contributed by atoms with E-state index in [0.29, 0.717) is 12.3 Å². The second-order valence-electron chi connectivity index (χ2n) is 12.8. The van der Waals surface area contributed by atoms with Crippen LogP contribution in [0.15, 0.2) is 18.2 Å². The Morgan fingerprint density at radius 3 is 1.97 bits per heavy atom. The SMILES string of the molecule is Cc1ccc(C(C(=O)NC(C)C)N(C(=O)C(CC(C)C)NC(=O)OC(C)(C)C)C(C)CCC(C)C)c(C)c1. The van der Waals surface area contributed by atoms with Crippen LogP contribution in [0.2, 0.25) is 0 Å². The van der Waals surface area contributed by atoms with Crippen molar-refractivity contribution < 1.29 is 19.1 Å². The van der Waals surface area contributed by atoms with Crippen LogP contribution in [0.4, 0.5) is 4.79 Å². The molecule has 0 aliphatic heterocycles. The van der Waals surface area contributed by atoms with E-state index in [1.54, 1.807) is 25.7 Å². The lowest BCUT2D eigenvalue weighted by Gasteiger charge is -2.40. The third-order valence-corrected chi connectivity index (χ3v) is 6.26. The van der Waals surface area contributed by atoms with Crippen molar-refractivity contribution >= 4 is 17.9 Å². The summed E-state index contributed by atoms with van der Waals surface area (Å²) in [5, 5.41) is 5.88. The standard InChI is InChI=1S/C31H53N3O4/c1-19(2)13-15-24(9)34(29(36)26(17-20(3)4)33-30(37)38-31(10,11)12)27(28(35)32-21(5)6)25-16-14-22(7)18-23(25)8/h14,16,18-21,24,26-27H,13,15,17H2,1-12H3,(H,32,35)(H,33,37). The lowest BCUT2D eigenvalue weighted by Crippen LogP contribution is -2.56. The van der Waals surface area contributed by atoms with Crippen molar-refractivity contribution in [3.05, 3.63) is 34.9 Å². The highest BCUT2D eigenvalue weighted by Gasteiger charge is 2.39. The van der Waals surface area contributed by atoms with Gasteiger partial charge in [0.05, 0.1) is 0 Å². The maximum absolute atomic E-state index is 14.4. The van der Waals surface area contributed by atoms with Crippen molar-refractivity contribution in [3.8, 4) is 0 Å². The molecule has 0 aliphatic rings. The second kappa shape index (κ2) is 14.5. The molecule has 0 saturated carbocycles. The minimum absolute atomic E-state index is 0.0926. The van der Waals surface area contributed by atoms with Gasteiger partial charge in [-0.3, -0.25) is 9.59 Å². The van der Waals surface area contributed by atoms with Crippen molar-refractivity contribution in [2.24, 2.45) is 11.8 Å². The summed E-state index contributed by atoms with van der Waals surface area (Å²) in [4.78, 5) is 42.7. The highest BCUT2D eigenvalue weighted by Crippen LogP contribution is 2.31. The van der Waals surface area contributed by atoms with E-state index in [2.05, 4.69) is 24.5 Å². The molecule has 0 spiro atoms. The van der Waals surface area contributed by atoms with Gasteiger partial charge in [-0.15, -0.1) is 0 Å². The van der Waals surface area contributed by atoms with Crippen LogP contribution in [0.25, 0.3) is 0 Å². The van der Waals surface area contributed by atoms with Gasteiger partial charge in [0.15, 0.2) is 0 Å². The number of amides is 3. The Kier molecular flexibility index (Phi) is 12.8. The molecule has 0 fully saturated rings. The number of hydrogen-bond acceptors (Lipinski definition) is 4. The monoisotopic (exact) mass is 531 g/mol. The summed E-state index contributed by atoms with van der Waals surface area (Å²) < 4.78 is 5.50. The van der Waals surface area contributed by atoms with Crippen LogP contribution < -0.4 is 10.6 Å². The van der Waals surface area contributed by atoms with Crippen LogP contribution in [0.3, 0.4) is 0 Å². The van der Waals surface area contributed by atoms with Crippen LogP contribution in [0.5, 0.6) is 0 Å². The minimum Gasteiger partial charge on any atom is -0.444 e. The van der Waals surface area contributed by atoms with Gasteiger partial charge in [-0.2, -0.15) is 0 Å². The third kappa shape index (κ3) is 11.0. The summed E-state index contributed by atoms with van der Waals surface area (Å²) >= 11 is 0. The fourth-order valence-electron chi connectivity index (χ4n) is 4.55. The number of alkyl carbamates (subject to hydrolysis) is 1. The molecular formula is C31H53N3O4. The Hall–Kier alpha value is -2.57. The molecule has 0 heterocycles. The van der Waals surface area contributed by atoms with E-state index in [9.17, 15) is 14.4 Å². The third-order valence-electron chi connectivity index (χ3n) is 6.26. The van der Waals surface area contributed by atoms with Gasteiger partial charge in [0, 0.05) is 12.1 Å². The van der Waals surface area contributed by atoms with E-state index in [1.165, 1.54) is 0 Å². The Balaban J connectivity index is 3.68. The lowest BCUT2D eigenvalue weighted by atomic mass is 9.92. The molecule has 7 nitrogen and oxygen atoms in total. The molecule has 0 bridgehead atoms. The van der Waals surface area contributed by atoms with E-state index < -0.39 is 23.8 Å². The van der Waals surface area contributed by atoms with Crippen molar-refractivity contribution in [2.45, 2.75) is 132 Å². The van der Waals surface area contributed by atoms with Crippen molar-refractivity contribution in [3.63, 3.8) is 0 Å². The van der Waals surface area contributed by atoms with Gasteiger partial charge in [0.2, 0.25) is 11.8 Å². The predicted molar refractivity (Wildman–Crippen MR) is 155 cm³/mol. The molecule has 0 aliphatic carbocycles. The maximum Gasteiger partial charge on any atom is 0.408 e. The number of nitrogens with one attached hydrogen (secondary N) is 2. The Bertz CT molecular complexity index is 934. The van der Waals surface area contributed by atoms with E-state index in [-0.39, 0.29) is 29.8 Å². The molecule has 3 atom stereocenters. The van der Waals surface area contributed by atoms with Crippen molar-refractivity contribution in [2.75, 3.05) is 0 Å². The average Bonchev–Trinajstić information content (AvgIpc) is 2.73. The molecule has 0 saturated heterocycles. The van der Waals surface area contributed by atoms with Gasteiger partial charge in [0.1, 0.15) is 17.7 Å². The molecule has 1 rings (SSSR count). The number of nitrogens with zero attached hydrogens (tertiary/aromatic N) is 1. The van der Waals surface area contributed by atoms with Crippen LogP contribution in [0.1, 0.15) is 111 Å². The van der Waals surface area contributed by atoms with E-state index >= 15 is 0 Å². The highest BCUT2D eigenvalue weighted by molar-refractivity contribution is 5.92. The predicted octanol–water partition coefficient (Wildman–Crippen LogP) is 6.46. The van der Waals surface area contributed by atoms with Crippen LogP contribution in [0, 0.1) is 25.7 Å². The maximum atomic E-state index is 14.4. The van der Waals surface area contributed by atoms with Gasteiger partial charge < -0.3 is 20.3 Å². The molecule has 3 amide bonds. The first-order valence-electron chi connectivity index (χ1n) is 14.1. The first-order chi connectivity index (χ1) is 17.4. The number of carbonyl (C=O) groups is 3. The van der Waals surface area contributed by atoms with Gasteiger partial charge in [-0.25, -0.2) is 4.79 Å². The molecule has 7 heteroatoms. The number of carbonyl (C=O) groups excluding carboxylic acids is 3. The molecule has 1 aromatic carbocycles. The minimum atomic E-state index is -0.831. The molecule has 1 aromatic rings. The Morgan fingerprint density at radius 1 is 0.895 bits per heavy atom. The summed E-state index contributed by atoms with van der Waals surface area (Å²) in [7, 11) is 0. The van der Waals surface area contributed by atoms with Gasteiger partial charge >= 0.3 is 6.09 Å². The van der Waals surface area contributed by atoms with E-state index in [1.807, 2.05) is 66.7 Å². The van der Waals surface area contributed by atoms with E-state index in [4.69, 9.17) is 4.74 Å². The first-order valence-corrected chi connectivity index (χ1v) is 14.1. The molecule has 2 N–H and O–H groups in total. The highest BCUT2D eigenvalue weighted by atomic mass is 16.6. The summed E-state index contributed by atoms with van der Waals surface area (Å²) in [5.41, 5.74) is 2.13. The molecule has 38 heavy (non-hydrogen) atoms. The molecule has 216 valence electrons. The quantitative estimate of drug-likeness (QED) is 0.324. The fraction of sp³-hybridized carbons (Fsp3) is 0.710. The van der Waals surface area contributed by atoms with Crippen LogP contribution in [-0.4, -0.2) is 46.5 Å². The average molecular weight is 532 g/mol. The van der Waals surface area contributed by atoms with Crippen LogP contribution >= 0.6 is 0 Å². The smallest absolute Gasteiger partial charge is 0.408 e. The topological polar surface area (TPSA) is 87.7 Å². The largest absolute Gasteiger partial charge is 0.444 e. The number of hydrogen-bond donors (Lipinski definition) is 2. The lowest BCUT2D eigenvalue weighted by molar-refractivity contribution is -0.145. The molecule has 3 unspecified atom stereocenters. The van der Waals surface area contributed by atoms with Crippen molar-refractivity contribution in [1.82, 2.24) is 15.5 Å². The molecular weight excluding hydrogens is 478 g/mol. The van der Waals surface area contributed by atoms with E-state index in [0.717, 1.165) is 29.5 Å². The van der Waals surface area contributed by atoms with Crippen LogP contribution in [-0.2, 0) is 14.3 Å². The molecule has 0 radical (unpaired) electrons. The molecule has 0 aromatic heterocycles. The zero-order valence-corrected chi connectivity index (χ0v) is 25.9. The first kappa shape index (κ1) is 33.5. The Labute approximate surface area is 231 Å². The summed E-state index contributed by atoms with van der Waals surface area (Å²) in [5.74, 6) is 0.0857. The normalized spacial score (nSPS) is 14.3. The number of benzene rings is 1. The number of rotatable bonds is 12. The summed E-state index contributed by atoms with van der Waals surface area (Å²) in [6.45, 7) is 23.5. The fourth-order valence-corrected chi connectivity index (χ4v) is 4.55. The summed E-state index contributed by atoms with van der Waals surface area (Å²) in [6.07, 6.45) is 1.43. The second-order valence-corrected chi connectivity index (χ2v) is 12.8.